The predicted molar refractivity (Wildman–Crippen MR) is 190 cm³/mol. The van der Waals surface area contributed by atoms with Crippen LogP contribution < -0.4 is 99.3 Å². The average molecular weight is 940 g/mol. The first-order valence-corrected chi connectivity index (χ1v) is 22.6. The van der Waals surface area contributed by atoms with Gasteiger partial charge >= 0.3 is 88.7 Å². The average Bonchev–Trinajstić information content (AvgIpc) is 3.10. The first-order valence-electron chi connectivity index (χ1n) is 15.1. The Balaban J connectivity index is 0.00000400. The molecule has 30 heteroatoms. The zero-order valence-corrected chi connectivity index (χ0v) is 41.1. The molecule has 1 aromatic heterocycles. The number of para-hydroxylation sites is 1. The van der Waals surface area contributed by atoms with Gasteiger partial charge in [0, 0.05) is 5.39 Å². The van der Waals surface area contributed by atoms with Crippen LogP contribution in [0.5, 0.6) is 5.75 Å². The molecule has 0 spiro atoms. The molecular formula is C29H24N7Na3O15S5. The van der Waals surface area contributed by atoms with Crippen molar-refractivity contribution in [1.82, 2.24) is 15.0 Å². The van der Waals surface area contributed by atoms with Gasteiger partial charge in [0.1, 0.15) is 32.3 Å². The largest absolute Gasteiger partial charge is 1.00 e. The summed E-state index contributed by atoms with van der Waals surface area (Å²) in [4.78, 5) is 9.27. The van der Waals surface area contributed by atoms with Crippen molar-refractivity contribution in [3.63, 3.8) is 0 Å². The molecule has 0 saturated carbocycles. The molecule has 0 aliphatic carbocycles. The first-order chi connectivity index (χ1) is 26.0. The van der Waals surface area contributed by atoms with Gasteiger partial charge in [-0.2, -0.15) is 10.1 Å². The third-order valence-corrected chi connectivity index (χ3v) is 13.0. The molecular weight excluding hydrogens is 916 g/mol. The molecule has 0 aliphatic heterocycles. The minimum atomic E-state index is -5.49. The van der Waals surface area contributed by atoms with Crippen LogP contribution in [0.1, 0.15) is 6.92 Å². The van der Waals surface area contributed by atoms with Crippen LogP contribution in [0, 0.1) is 0 Å². The van der Waals surface area contributed by atoms with Gasteiger partial charge in [-0.15, -0.1) is 5.11 Å². The van der Waals surface area contributed by atoms with E-state index in [9.17, 15) is 60.9 Å². The molecule has 59 heavy (non-hydrogen) atoms. The SMILES string of the molecule is CCS(=O)(=O)c1ccc(N=Nc2c(S(=O)(=O)[O-])cc3cc(S(=O)(=O)[O-])cc(Nc4ncnc(Nc5ccccc5S(=O)(=O)CCOS(=O)(=O)[O-])n4)c3c2O)cc1.[Na+].[Na+].[Na+]. The number of nitrogens with zero attached hydrogens (tertiary/aromatic N) is 5. The van der Waals surface area contributed by atoms with Gasteiger partial charge in [-0.1, -0.05) is 19.1 Å². The van der Waals surface area contributed by atoms with Crippen molar-refractivity contribution < 1.29 is 154 Å². The molecule has 298 valence electrons. The fourth-order valence-electron chi connectivity index (χ4n) is 4.84. The topological polar surface area (TPSA) is 357 Å². The third-order valence-electron chi connectivity index (χ3n) is 7.39. The van der Waals surface area contributed by atoms with Crippen molar-refractivity contribution in [1.29, 1.82) is 0 Å². The Hall–Kier alpha value is -2.26. The molecule has 0 fully saturated rings. The summed E-state index contributed by atoms with van der Waals surface area (Å²) >= 11 is 0. The maximum atomic E-state index is 12.9. The number of nitrogens with one attached hydrogen (secondary N) is 2. The van der Waals surface area contributed by atoms with E-state index in [0.29, 0.717) is 12.1 Å². The van der Waals surface area contributed by atoms with Gasteiger partial charge in [0.15, 0.2) is 25.4 Å². The van der Waals surface area contributed by atoms with E-state index in [1.807, 2.05) is 0 Å². The van der Waals surface area contributed by atoms with Gasteiger partial charge < -0.3 is 29.4 Å². The number of aromatic nitrogens is 3. The van der Waals surface area contributed by atoms with Crippen molar-refractivity contribution in [2.24, 2.45) is 10.2 Å². The fourth-order valence-corrected chi connectivity index (χ4v) is 8.56. The summed E-state index contributed by atoms with van der Waals surface area (Å²) in [6, 6.07) is 12.0. The molecule has 0 radical (unpaired) electrons. The number of hydrogen-bond acceptors (Lipinski definition) is 22. The fraction of sp³-hybridized carbons (Fsp3) is 0.138. The number of phenolic OH excluding ortho intramolecular Hbond substituents is 1. The summed E-state index contributed by atoms with van der Waals surface area (Å²) in [5.74, 6) is -2.96. The van der Waals surface area contributed by atoms with Crippen LogP contribution in [0.15, 0.2) is 103 Å². The van der Waals surface area contributed by atoms with Crippen molar-refractivity contribution >= 4 is 95.7 Å². The van der Waals surface area contributed by atoms with Crippen LogP contribution in [0.2, 0.25) is 0 Å². The number of fused-ring (bicyclic) bond motifs is 1. The van der Waals surface area contributed by atoms with Gasteiger partial charge in [0.2, 0.25) is 22.3 Å². The first kappa shape index (κ1) is 52.9. The molecule has 4 aromatic carbocycles. The van der Waals surface area contributed by atoms with E-state index in [0.717, 1.165) is 18.5 Å². The normalized spacial score (nSPS) is 12.3. The number of aromatic hydroxyl groups is 1. The van der Waals surface area contributed by atoms with Gasteiger partial charge in [-0.25, -0.2) is 52.1 Å². The van der Waals surface area contributed by atoms with Crippen molar-refractivity contribution in [3.8, 4) is 5.75 Å². The van der Waals surface area contributed by atoms with Crippen molar-refractivity contribution in [2.75, 3.05) is 28.7 Å². The molecule has 0 atom stereocenters. The molecule has 0 amide bonds. The van der Waals surface area contributed by atoms with Crippen LogP contribution in [0.25, 0.3) is 10.8 Å². The van der Waals surface area contributed by atoms with Crippen LogP contribution in [-0.4, -0.2) is 93.9 Å². The number of phenols is 1. The number of sulfone groups is 2. The number of rotatable bonds is 15. The number of azo groups is 1. The molecule has 5 aromatic rings. The van der Waals surface area contributed by atoms with Gasteiger partial charge in [0.25, 0.3) is 0 Å². The van der Waals surface area contributed by atoms with E-state index in [1.165, 1.54) is 49.4 Å². The number of benzene rings is 4. The smallest absolute Gasteiger partial charge is 0.744 e. The van der Waals surface area contributed by atoms with Gasteiger partial charge in [0.05, 0.1) is 54.8 Å². The molecule has 1 heterocycles. The Kier molecular flexibility index (Phi) is 18.6. The van der Waals surface area contributed by atoms with E-state index in [1.54, 1.807) is 0 Å². The van der Waals surface area contributed by atoms with Crippen LogP contribution in [0.4, 0.5) is 34.6 Å². The summed E-state index contributed by atoms with van der Waals surface area (Å²) in [6.07, 6.45) is 0.900. The molecule has 3 N–H and O–H groups in total. The Labute approximate surface area is 403 Å². The Morgan fingerprint density at radius 1 is 0.695 bits per heavy atom. The Morgan fingerprint density at radius 2 is 1.29 bits per heavy atom. The molecule has 0 bridgehead atoms. The zero-order chi connectivity index (χ0) is 41.3. The zero-order valence-electron chi connectivity index (χ0n) is 31.0. The maximum absolute atomic E-state index is 12.9. The van der Waals surface area contributed by atoms with Crippen LogP contribution in [0.3, 0.4) is 0 Å². The molecule has 22 nitrogen and oxygen atoms in total. The standard InChI is InChI=1S/C29H27N7O15S5.3Na/c1-2-52(38,39)19-9-7-18(8-10-19)35-36-26-24(55(45,46)47)14-17-13-20(54(42,43)44)15-22(25(17)27(26)37)33-29-31-16-30-28(34-29)32-21-5-3-4-6-23(21)53(40,41)12-11-51-56(48,49)50;;;/h3-10,13-16,37H,2,11-12H2,1H3,(H,42,43,44)(H,45,46,47)(H,48,49,50)(H2,30,31,32,33,34);;;/q;3*+1/p-3. The summed E-state index contributed by atoms with van der Waals surface area (Å²) in [5, 5.41) is 23.2. The van der Waals surface area contributed by atoms with Gasteiger partial charge in [-0.3, -0.25) is 4.18 Å². The quantitative estimate of drug-likeness (QED) is 0.0380. The second-order valence-corrected chi connectivity index (χ2v) is 19.2. The Morgan fingerprint density at radius 3 is 1.85 bits per heavy atom. The van der Waals surface area contributed by atoms with E-state index >= 15 is 0 Å². The second-order valence-electron chi connectivity index (χ2n) is 11.1. The summed E-state index contributed by atoms with van der Waals surface area (Å²) in [7, 11) is -23.8. The van der Waals surface area contributed by atoms with Gasteiger partial charge in [-0.05, 0) is 60.0 Å². The molecule has 0 saturated heterocycles. The number of hydrogen-bond donors (Lipinski definition) is 3. The molecule has 0 unspecified atom stereocenters. The minimum Gasteiger partial charge on any atom is -0.744 e. The summed E-state index contributed by atoms with van der Waals surface area (Å²) in [5.41, 5.74) is -1.56. The summed E-state index contributed by atoms with van der Waals surface area (Å²) in [6.45, 7) is 0.449. The predicted octanol–water partition coefficient (Wildman–Crippen LogP) is -6.50. The third kappa shape index (κ3) is 13.6. The van der Waals surface area contributed by atoms with E-state index in [-0.39, 0.29) is 122 Å². The second kappa shape index (κ2) is 20.7. The minimum absolute atomic E-state index is 0. The van der Waals surface area contributed by atoms with E-state index in [2.05, 4.69) is 40.0 Å². The Bertz CT molecular complexity index is 2960. The monoisotopic (exact) mass is 939 g/mol. The summed E-state index contributed by atoms with van der Waals surface area (Å²) < 4.78 is 160. The maximum Gasteiger partial charge on any atom is 1.00 e. The van der Waals surface area contributed by atoms with Crippen molar-refractivity contribution in [3.05, 3.63) is 73.1 Å². The molecule has 0 aliphatic rings. The molecule has 5 rings (SSSR count). The van der Waals surface area contributed by atoms with E-state index in [4.69, 9.17) is 0 Å². The van der Waals surface area contributed by atoms with E-state index < -0.39 is 106 Å². The van der Waals surface area contributed by atoms with Crippen LogP contribution in [-0.2, 0) is 54.5 Å². The number of anilines is 4. The van der Waals surface area contributed by atoms with Crippen molar-refractivity contribution in [2.45, 2.75) is 26.5 Å². The van der Waals surface area contributed by atoms with Crippen LogP contribution >= 0.6 is 0 Å².